The van der Waals surface area contributed by atoms with E-state index in [9.17, 15) is 0 Å². The fourth-order valence-electron chi connectivity index (χ4n) is 1.78. The molecule has 2 nitrogen and oxygen atoms in total. The fourth-order valence-corrected chi connectivity index (χ4v) is 4.51. The lowest BCUT2D eigenvalue weighted by Crippen LogP contribution is -2.29. The Balaban J connectivity index is 4.09. The Labute approximate surface area is 105 Å². The first kappa shape index (κ1) is 15.6. The minimum Gasteiger partial charge on any atom is -0.397 e. The summed E-state index contributed by atoms with van der Waals surface area (Å²) in [6.07, 6.45) is 4.96. The molecule has 0 aromatic carbocycles. The van der Waals surface area contributed by atoms with E-state index in [1.165, 1.54) is 25.7 Å². The van der Waals surface area contributed by atoms with Crippen LogP contribution in [-0.2, 0) is 8.85 Å². The lowest BCUT2D eigenvalue weighted by Gasteiger charge is -2.24. The zero-order valence-corrected chi connectivity index (χ0v) is 13.0. The number of alkyl halides is 1. The monoisotopic (exact) mass is 296 g/mol. The molecular weight excluding hydrogens is 272 g/mol. The number of halogens is 1. The highest BCUT2D eigenvalue weighted by Gasteiger charge is 2.24. The van der Waals surface area contributed by atoms with E-state index >= 15 is 0 Å². The molecule has 0 aliphatic rings. The highest BCUT2D eigenvalue weighted by molar-refractivity contribution is 9.09. The summed E-state index contributed by atoms with van der Waals surface area (Å²) in [6, 6.07) is 0. The third kappa shape index (κ3) is 7.50. The molecule has 4 heteroatoms. The Bertz CT molecular complexity index is 130. The molecule has 0 saturated carbocycles. The molecule has 0 heterocycles. The van der Waals surface area contributed by atoms with Crippen molar-refractivity contribution in [2.45, 2.75) is 52.0 Å². The van der Waals surface area contributed by atoms with Crippen molar-refractivity contribution in [3.05, 3.63) is 0 Å². The van der Waals surface area contributed by atoms with Crippen LogP contribution in [-0.4, -0.2) is 27.8 Å². The normalized spacial score (nSPS) is 13.4. The molecule has 0 aromatic rings. The highest BCUT2D eigenvalue weighted by atomic mass is 79.9. The van der Waals surface area contributed by atoms with E-state index in [-0.39, 0.29) is 0 Å². The van der Waals surface area contributed by atoms with Crippen molar-refractivity contribution in [2.24, 2.45) is 0 Å². The van der Waals surface area contributed by atoms with Crippen LogP contribution in [0.1, 0.15) is 46.5 Å². The Hall–Kier alpha value is 0.617. The van der Waals surface area contributed by atoms with E-state index in [4.69, 9.17) is 8.85 Å². The Kier molecular flexibility index (Phi) is 11.6. The van der Waals surface area contributed by atoms with Gasteiger partial charge in [-0.3, -0.25) is 0 Å². The van der Waals surface area contributed by atoms with E-state index < -0.39 is 9.28 Å². The van der Waals surface area contributed by atoms with Gasteiger partial charge in [-0.1, -0.05) is 29.3 Å². The van der Waals surface area contributed by atoms with Crippen molar-refractivity contribution < 1.29 is 8.85 Å². The van der Waals surface area contributed by atoms with Gasteiger partial charge in [-0.25, -0.2) is 0 Å². The molecular formula is C11H25BrO2Si. The minimum absolute atomic E-state index is 0.687. The zero-order chi connectivity index (χ0) is 11.5. The smallest absolute Gasteiger partial charge is 0.324 e. The largest absolute Gasteiger partial charge is 0.397 e. The maximum atomic E-state index is 5.80. The average molecular weight is 297 g/mol. The van der Waals surface area contributed by atoms with Gasteiger partial charge in [0.2, 0.25) is 0 Å². The molecule has 0 aliphatic heterocycles. The molecule has 0 N–H and O–H groups in total. The van der Waals surface area contributed by atoms with E-state index in [1.54, 1.807) is 0 Å². The van der Waals surface area contributed by atoms with Gasteiger partial charge < -0.3 is 8.85 Å². The van der Waals surface area contributed by atoms with Crippen LogP contribution in [0.25, 0.3) is 0 Å². The van der Waals surface area contributed by atoms with Crippen molar-refractivity contribution in [1.29, 1.82) is 0 Å². The van der Waals surface area contributed by atoms with Gasteiger partial charge in [0, 0.05) is 18.5 Å². The molecule has 0 amide bonds. The summed E-state index contributed by atoms with van der Waals surface area (Å²) in [5.41, 5.74) is 0.687. The van der Waals surface area contributed by atoms with Gasteiger partial charge in [0.05, 0.1) is 0 Å². The second-order valence-electron chi connectivity index (χ2n) is 3.66. The molecule has 0 fully saturated rings. The Morgan fingerprint density at radius 2 is 1.67 bits per heavy atom. The van der Waals surface area contributed by atoms with Gasteiger partial charge in [0.15, 0.2) is 0 Å². The first-order valence-electron chi connectivity index (χ1n) is 6.09. The van der Waals surface area contributed by atoms with Crippen LogP contribution in [0.15, 0.2) is 0 Å². The van der Waals surface area contributed by atoms with E-state index in [0.29, 0.717) is 5.54 Å². The van der Waals surface area contributed by atoms with Crippen LogP contribution in [0, 0.1) is 0 Å². The SMILES string of the molecule is CCCC(CCCBr)[SiH](OCC)OCC. The molecule has 0 bridgehead atoms. The summed E-state index contributed by atoms with van der Waals surface area (Å²) in [5, 5.41) is 1.09. The molecule has 0 radical (unpaired) electrons. The standard InChI is InChI=1S/C11H25BrO2Si/c1-4-8-11(9-7-10-12)15(13-5-2)14-6-3/h11,15H,4-10H2,1-3H3. The summed E-state index contributed by atoms with van der Waals surface area (Å²) >= 11 is 3.49. The van der Waals surface area contributed by atoms with Gasteiger partial charge >= 0.3 is 9.28 Å². The minimum atomic E-state index is -1.42. The molecule has 0 aromatic heterocycles. The lowest BCUT2D eigenvalue weighted by molar-refractivity contribution is 0.200. The quantitative estimate of drug-likeness (QED) is 0.453. The van der Waals surface area contributed by atoms with Crippen LogP contribution >= 0.6 is 15.9 Å². The second kappa shape index (κ2) is 11.1. The molecule has 1 atom stereocenters. The topological polar surface area (TPSA) is 18.5 Å². The maximum absolute atomic E-state index is 5.80. The van der Waals surface area contributed by atoms with Crippen molar-refractivity contribution >= 4 is 25.2 Å². The van der Waals surface area contributed by atoms with E-state index in [1.807, 2.05) is 0 Å². The molecule has 0 rings (SSSR count). The fraction of sp³-hybridized carbons (Fsp3) is 1.00. The predicted molar refractivity (Wildman–Crippen MR) is 72.1 cm³/mol. The number of hydrogen-bond donors (Lipinski definition) is 0. The molecule has 15 heavy (non-hydrogen) atoms. The molecule has 0 saturated heterocycles. The summed E-state index contributed by atoms with van der Waals surface area (Å²) in [5.74, 6) is 0. The van der Waals surface area contributed by atoms with Crippen LogP contribution in [0.3, 0.4) is 0 Å². The summed E-state index contributed by atoms with van der Waals surface area (Å²) < 4.78 is 11.6. The first-order chi connectivity index (χ1) is 7.29. The molecule has 0 spiro atoms. The van der Waals surface area contributed by atoms with Gasteiger partial charge in [-0.15, -0.1) is 0 Å². The molecule has 0 aliphatic carbocycles. The Morgan fingerprint density at radius 3 is 2.07 bits per heavy atom. The van der Waals surface area contributed by atoms with Crippen LogP contribution in [0.4, 0.5) is 0 Å². The second-order valence-corrected chi connectivity index (χ2v) is 6.80. The third-order valence-electron chi connectivity index (χ3n) is 2.41. The van der Waals surface area contributed by atoms with E-state index in [0.717, 1.165) is 18.5 Å². The summed E-state index contributed by atoms with van der Waals surface area (Å²) in [4.78, 5) is 0. The van der Waals surface area contributed by atoms with Gasteiger partial charge in [-0.05, 0) is 38.7 Å². The maximum Gasteiger partial charge on any atom is 0.324 e. The van der Waals surface area contributed by atoms with Crippen LogP contribution in [0.2, 0.25) is 5.54 Å². The number of rotatable bonds is 10. The van der Waals surface area contributed by atoms with E-state index in [2.05, 4.69) is 36.7 Å². The van der Waals surface area contributed by atoms with Crippen LogP contribution in [0.5, 0.6) is 0 Å². The van der Waals surface area contributed by atoms with Crippen LogP contribution < -0.4 is 0 Å². The first-order valence-corrected chi connectivity index (χ1v) is 8.82. The Morgan fingerprint density at radius 1 is 1.07 bits per heavy atom. The van der Waals surface area contributed by atoms with Crippen molar-refractivity contribution in [3.63, 3.8) is 0 Å². The highest BCUT2D eigenvalue weighted by Crippen LogP contribution is 2.25. The lowest BCUT2D eigenvalue weighted by atomic mass is 10.1. The van der Waals surface area contributed by atoms with Crippen molar-refractivity contribution in [1.82, 2.24) is 0 Å². The zero-order valence-electron chi connectivity index (χ0n) is 10.3. The van der Waals surface area contributed by atoms with Gasteiger partial charge in [-0.2, -0.15) is 0 Å². The average Bonchev–Trinajstić information content (AvgIpc) is 2.24. The predicted octanol–water partition coefficient (Wildman–Crippen LogP) is 3.63. The third-order valence-corrected chi connectivity index (χ3v) is 5.74. The van der Waals surface area contributed by atoms with Crippen molar-refractivity contribution in [3.8, 4) is 0 Å². The van der Waals surface area contributed by atoms with Gasteiger partial charge in [0.1, 0.15) is 0 Å². The molecule has 92 valence electrons. The summed E-state index contributed by atoms with van der Waals surface area (Å²) in [7, 11) is -1.42. The van der Waals surface area contributed by atoms with Gasteiger partial charge in [0.25, 0.3) is 0 Å². The van der Waals surface area contributed by atoms with Crippen molar-refractivity contribution in [2.75, 3.05) is 18.5 Å². The number of hydrogen-bond acceptors (Lipinski definition) is 2. The molecule has 1 unspecified atom stereocenters. The summed E-state index contributed by atoms with van der Waals surface area (Å²) in [6.45, 7) is 7.96.